The SMILES string of the molecule is COC(=O)c1cc(Br)c(CN2CCOC(c3ccc(C)o3)C2)n1C. The van der Waals surface area contributed by atoms with E-state index in [-0.39, 0.29) is 12.1 Å². The van der Waals surface area contributed by atoms with E-state index in [0.717, 1.165) is 34.8 Å². The molecular formula is C17H21BrN2O4. The maximum Gasteiger partial charge on any atom is 0.354 e. The van der Waals surface area contributed by atoms with Crippen LogP contribution in [-0.4, -0.2) is 42.2 Å². The summed E-state index contributed by atoms with van der Waals surface area (Å²) in [6.45, 7) is 4.88. The van der Waals surface area contributed by atoms with Gasteiger partial charge in [-0.1, -0.05) is 0 Å². The number of esters is 1. The van der Waals surface area contributed by atoms with Crippen LogP contribution in [0.5, 0.6) is 0 Å². The average Bonchev–Trinajstić information content (AvgIpc) is 3.13. The highest BCUT2D eigenvalue weighted by Gasteiger charge is 2.26. The lowest BCUT2D eigenvalue weighted by Gasteiger charge is -2.32. The lowest BCUT2D eigenvalue weighted by Crippen LogP contribution is -2.38. The molecule has 7 heteroatoms. The highest BCUT2D eigenvalue weighted by molar-refractivity contribution is 9.10. The molecule has 1 aliphatic heterocycles. The first-order valence-electron chi connectivity index (χ1n) is 7.82. The summed E-state index contributed by atoms with van der Waals surface area (Å²) in [5.74, 6) is 1.41. The van der Waals surface area contributed by atoms with Crippen molar-refractivity contribution >= 4 is 21.9 Å². The highest BCUT2D eigenvalue weighted by Crippen LogP contribution is 2.27. The molecule has 3 heterocycles. The van der Waals surface area contributed by atoms with Gasteiger partial charge in [-0.25, -0.2) is 4.79 Å². The number of nitrogens with zero attached hydrogens (tertiary/aromatic N) is 2. The molecule has 0 aliphatic carbocycles. The molecule has 1 fully saturated rings. The van der Waals surface area contributed by atoms with Crippen molar-refractivity contribution < 1.29 is 18.7 Å². The summed E-state index contributed by atoms with van der Waals surface area (Å²) in [6.07, 6.45) is -0.0634. The number of carbonyl (C=O) groups is 1. The Hall–Kier alpha value is -1.57. The molecule has 130 valence electrons. The first-order chi connectivity index (χ1) is 11.5. The third-order valence-electron chi connectivity index (χ3n) is 4.30. The fourth-order valence-electron chi connectivity index (χ4n) is 2.94. The summed E-state index contributed by atoms with van der Waals surface area (Å²) in [6, 6.07) is 5.72. The Balaban J connectivity index is 1.74. The van der Waals surface area contributed by atoms with Crippen LogP contribution in [0.25, 0.3) is 0 Å². The van der Waals surface area contributed by atoms with Crippen molar-refractivity contribution in [3.8, 4) is 0 Å². The van der Waals surface area contributed by atoms with E-state index in [2.05, 4.69) is 20.8 Å². The van der Waals surface area contributed by atoms with Crippen LogP contribution in [0.3, 0.4) is 0 Å². The molecule has 0 spiro atoms. The fraction of sp³-hybridized carbons (Fsp3) is 0.471. The molecule has 24 heavy (non-hydrogen) atoms. The number of halogens is 1. The van der Waals surface area contributed by atoms with Crippen LogP contribution in [0.4, 0.5) is 0 Å². The molecular weight excluding hydrogens is 376 g/mol. The first-order valence-corrected chi connectivity index (χ1v) is 8.61. The van der Waals surface area contributed by atoms with Crippen LogP contribution in [0.15, 0.2) is 27.1 Å². The van der Waals surface area contributed by atoms with Gasteiger partial charge in [-0.05, 0) is 41.1 Å². The van der Waals surface area contributed by atoms with Gasteiger partial charge >= 0.3 is 5.97 Å². The normalized spacial score (nSPS) is 18.8. The molecule has 2 aromatic heterocycles. The van der Waals surface area contributed by atoms with Gasteiger partial charge in [0.05, 0.1) is 13.7 Å². The molecule has 6 nitrogen and oxygen atoms in total. The van der Waals surface area contributed by atoms with E-state index in [1.165, 1.54) is 7.11 Å². The minimum atomic E-state index is -0.338. The van der Waals surface area contributed by atoms with Crippen LogP contribution >= 0.6 is 15.9 Å². The molecule has 3 rings (SSSR count). The Kier molecular flexibility index (Phi) is 5.12. The molecule has 1 saturated heterocycles. The zero-order valence-electron chi connectivity index (χ0n) is 14.0. The predicted octanol–water partition coefficient (Wildman–Crippen LogP) is 3.05. The lowest BCUT2D eigenvalue weighted by molar-refractivity contribution is -0.0436. The second-order valence-electron chi connectivity index (χ2n) is 5.92. The molecule has 0 radical (unpaired) electrons. The minimum absolute atomic E-state index is 0.0634. The van der Waals surface area contributed by atoms with Gasteiger partial charge in [0, 0.05) is 36.8 Å². The maximum atomic E-state index is 11.8. The number of ether oxygens (including phenoxy) is 2. The molecule has 1 atom stereocenters. The number of aryl methyl sites for hydroxylation is 1. The summed E-state index contributed by atoms with van der Waals surface area (Å²) < 4.78 is 19.1. The molecule has 2 aromatic rings. The van der Waals surface area contributed by atoms with Gasteiger partial charge in [0.15, 0.2) is 0 Å². The van der Waals surface area contributed by atoms with Crippen molar-refractivity contribution in [2.24, 2.45) is 7.05 Å². The maximum absolute atomic E-state index is 11.8. The summed E-state index contributed by atoms with van der Waals surface area (Å²) in [7, 11) is 3.26. The number of carbonyl (C=O) groups excluding carboxylic acids is 1. The van der Waals surface area contributed by atoms with E-state index in [1.807, 2.05) is 30.7 Å². The number of hydrogen-bond acceptors (Lipinski definition) is 5. The second kappa shape index (κ2) is 7.13. The second-order valence-corrected chi connectivity index (χ2v) is 6.77. The quantitative estimate of drug-likeness (QED) is 0.743. The monoisotopic (exact) mass is 396 g/mol. The third kappa shape index (κ3) is 3.43. The number of methoxy groups -OCH3 is 1. The van der Waals surface area contributed by atoms with E-state index in [1.54, 1.807) is 6.07 Å². The Bertz CT molecular complexity index is 737. The molecule has 1 unspecified atom stereocenters. The first kappa shape index (κ1) is 17.3. The Morgan fingerprint density at radius 1 is 1.46 bits per heavy atom. The van der Waals surface area contributed by atoms with E-state index in [9.17, 15) is 4.79 Å². The van der Waals surface area contributed by atoms with Gasteiger partial charge in [0.25, 0.3) is 0 Å². The van der Waals surface area contributed by atoms with Crippen LogP contribution in [-0.2, 0) is 23.1 Å². The van der Waals surface area contributed by atoms with Gasteiger partial charge in [-0.15, -0.1) is 0 Å². The number of furan rings is 1. The largest absolute Gasteiger partial charge is 0.464 e. The number of aromatic nitrogens is 1. The summed E-state index contributed by atoms with van der Waals surface area (Å²) in [5, 5.41) is 0. The van der Waals surface area contributed by atoms with Gasteiger partial charge < -0.3 is 18.5 Å². The smallest absolute Gasteiger partial charge is 0.354 e. The van der Waals surface area contributed by atoms with Crippen molar-refractivity contribution in [2.45, 2.75) is 19.6 Å². The van der Waals surface area contributed by atoms with Gasteiger partial charge in [0.2, 0.25) is 0 Å². The number of hydrogen-bond donors (Lipinski definition) is 0. The van der Waals surface area contributed by atoms with Crippen LogP contribution < -0.4 is 0 Å². The van der Waals surface area contributed by atoms with Gasteiger partial charge in [0.1, 0.15) is 23.3 Å². The molecule has 0 saturated carbocycles. The Labute approximate surface area is 149 Å². The van der Waals surface area contributed by atoms with Crippen molar-refractivity contribution in [2.75, 3.05) is 26.8 Å². The zero-order chi connectivity index (χ0) is 17.3. The molecule has 0 aromatic carbocycles. The van der Waals surface area contributed by atoms with Crippen LogP contribution in [0, 0.1) is 6.92 Å². The summed E-state index contributed by atoms with van der Waals surface area (Å²) in [4.78, 5) is 14.1. The predicted molar refractivity (Wildman–Crippen MR) is 91.9 cm³/mol. The average molecular weight is 397 g/mol. The fourth-order valence-corrected chi connectivity index (χ4v) is 3.55. The molecule has 1 aliphatic rings. The van der Waals surface area contributed by atoms with E-state index >= 15 is 0 Å². The van der Waals surface area contributed by atoms with Crippen molar-refractivity contribution in [3.63, 3.8) is 0 Å². The Morgan fingerprint density at radius 3 is 2.92 bits per heavy atom. The molecule has 0 bridgehead atoms. The van der Waals surface area contributed by atoms with Gasteiger partial charge in [-0.3, -0.25) is 4.90 Å². The number of morpholine rings is 1. The van der Waals surface area contributed by atoms with Crippen LogP contribution in [0.2, 0.25) is 0 Å². The van der Waals surface area contributed by atoms with Crippen molar-refractivity contribution in [1.29, 1.82) is 0 Å². The van der Waals surface area contributed by atoms with Crippen molar-refractivity contribution in [1.82, 2.24) is 9.47 Å². The van der Waals surface area contributed by atoms with Crippen LogP contribution in [0.1, 0.15) is 33.8 Å². The van der Waals surface area contributed by atoms with E-state index in [0.29, 0.717) is 18.8 Å². The summed E-state index contributed by atoms with van der Waals surface area (Å²) in [5.41, 5.74) is 1.57. The standard InChI is InChI=1S/C17H21BrN2O4/c1-11-4-5-15(24-11)16-10-20(6-7-23-16)9-14-12(18)8-13(19(14)2)17(21)22-3/h4-5,8,16H,6-7,9-10H2,1-3H3. The van der Waals surface area contributed by atoms with Crippen molar-refractivity contribution in [3.05, 3.63) is 45.6 Å². The lowest BCUT2D eigenvalue weighted by atomic mass is 10.2. The number of rotatable bonds is 4. The van der Waals surface area contributed by atoms with Gasteiger partial charge in [-0.2, -0.15) is 0 Å². The summed E-state index contributed by atoms with van der Waals surface area (Å²) >= 11 is 3.55. The van der Waals surface area contributed by atoms with E-state index in [4.69, 9.17) is 13.9 Å². The Morgan fingerprint density at radius 2 is 2.25 bits per heavy atom. The minimum Gasteiger partial charge on any atom is -0.464 e. The topological polar surface area (TPSA) is 56.8 Å². The molecule has 0 amide bonds. The van der Waals surface area contributed by atoms with E-state index < -0.39 is 0 Å². The zero-order valence-corrected chi connectivity index (χ0v) is 15.6. The molecule has 0 N–H and O–H groups in total. The third-order valence-corrected chi connectivity index (χ3v) is 4.99. The highest BCUT2D eigenvalue weighted by atomic mass is 79.9.